The fourth-order valence-electron chi connectivity index (χ4n) is 2.28. The Hall–Kier alpha value is -3.49. The first-order valence-corrected chi connectivity index (χ1v) is 7.16. The maximum Gasteiger partial charge on any atom is 0.357 e. The highest BCUT2D eigenvalue weighted by atomic mass is 16.6. The van der Waals surface area contributed by atoms with Crippen molar-refractivity contribution in [3.05, 3.63) is 64.2 Å². The van der Waals surface area contributed by atoms with E-state index in [-0.39, 0.29) is 17.3 Å². The molecule has 3 rings (SSSR count). The number of nitrogens with one attached hydrogen (secondary N) is 2. The number of hydrogen-bond donors (Lipinski definition) is 2. The molecule has 2 N–H and O–H groups in total. The van der Waals surface area contributed by atoms with Gasteiger partial charge in [0.15, 0.2) is 0 Å². The van der Waals surface area contributed by atoms with Crippen LogP contribution in [-0.4, -0.2) is 24.7 Å². The molecule has 9 heteroatoms. The second-order valence-electron chi connectivity index (χ2n) is 5.11. The number of benzene rings is 1. The standard InChI is InChI=1S/C15H15N7O2/c1-10-8-11(2)21(20-10)15-13(22(23)24)14(16-9-17-15)19-18-12-6-4-3-5-7-12/h3-9,18H,1-2H3,(H,16,17,19). The summed E-state index contributed by atoms with van der Waals surface area (Å²) in [5.74, 6) is 0.166. The van der Waals surface area contributed by atoms with E-state index in [0.29, 0.717) is 0 Å². The third-order valence-electron chi connectivity index (χ3n) is 3.29. The first-order valence-electron chi connectivity index (χ1n) is 7.16. The van der Waals surface area contributed by atoms with Crippen molar-refractivity contribution in [1.29, 1.82) is 0 Å². The summed E-state index contributed by atoms with van der Waals surface area (Å²) in [5, 5.41) is 15.8. The van der Waals surface area contributed by atoms with Crippen molar-refractivity contribution in [2.45, 2.75) is 13.8 Å². The molecule has 0 aliphatic carbocycles. The Bertz CT molecular complexity index is 877. The van der Waals surface area contributed by atoms with Crippen LogP contribution < -0.4 is 10.9 Å². The number of aromatic nitrogens is 4. The maximum absolute atomic E-state index is 11.6. The molecule has 0 saturated carbocycles. The molecule has 3 aromatic rings. The number of aryl methyl sites for hydroxylation is 2. The summed E-state index contributed by atoms with van der Waals surface area (Å²) in [4.78, 5) is 19.0. The van der Waals surface area contributed by atoms with E-state index in [4.69, 9.17) is 0 Å². The third kappa shape index (κ3) is 3.00. The highest BCUT2D eigenvalue weighted by Crippen LogP contribution is 2.28. The molecule has 122 valence electrons. The lowest BCUT2D eigenvalue weighted by molar-refractivity contribution is -0.384. The molecule has 2 aromatic heterocycles. The fourth-order valence-corrected chi connectivity index (χ4v) is 2.28. The van der Waals surface area contributed by atoms with Gasteiger partial charge in [0.25, 0.3) is 0 Å². The normalized spacial score (nSPS) is 10.4. The van der Waals surface area contributed by atoms with Gasteiger partial charge in [-0.25, -0.2) is 14.6 Å². The predicted molar refractivity (Wildman–Crippen MR) is 89.0 cm³/mol. The lowest BCUT2D eigenvalue weighted by Crippen LogP contribution is -2.15. The average molecular weight is 325 g/mol. The van der Waals surface area contributed by atoms with E-state index in [1.807, 2.05) is 43.3 Å². The van der Waals surface area contributed by atoms with E-state index >= 15 is 0 Å². The molecule has 1 aromatic carbocycles. The van der Waals surface area contributed by atoms with Gasteiger partial charge in [-0.1, -0.05) is 18.2 Å². The van der Waals surface area contributed by atoms with E-state index in [1.54, 1.807) is 6.92 Å². The highest BCUT2D eigenvalue weighted by molar-refractivity contribution is 5.66. The topological polar surface area (TPSA) is 111 Å². The lowest BCUT2D eigenvalue weighted by atomic mass is 10.3. The van der Waals surface area contributed by atoms with Crippen LogP contribution in [0.15, 0.2) is 42.7 Å². The van der Waals surface area contributed by atoms with Gasteiger partial charge in [-0.15, -0.1) is 0 Å². The van der Waals surface area contributed by atoms with Crippen molar-refractivity contribution in [2.24, 2.45) is 0 Å². The number of para-hydroxylation sites is 1. The van der Waals surface area contributed by atoms with Gasteiger partial charge in [0.2, 0.25) is 11.6 Å². The summed E-state index contributed by atoms with van der Waals surface area (Å²) in [6.45, 7) is 3.62. The number of anilines is 2. The van der Waals surface area contributed by atoms with Crippen LogP contribution in [0.5, 0.6) is 0 Å². The molecule has 0 atom stereocenters. The summed E-state index contributed by atoms with van der Waals surface area (Å²) < 4.78 is 1.43. The summed E-state index contributed by atoms with van der Waals surface area (Å²) in [5.41, 5.74) is 7.63. The molecule has 0 aliphatic heterocycles. The van der Waals surface area contributed by atoms with Gasteiger partial charge >= 0.3 is 5.69 Å². The van der Waals surface area contributed by atoms with Gasteiger partial charge < -0.3 is 0 Å². The third-order valence-corrected chi connectivity index (χ3v) is 3.29. The molecule has 0 amide bonds. The Kier molecular flexibility index (Phi) is 4.06. The van der Waals surface area contributed by atoms with E-state index in [9.17, 15) is 10.1 Å². The minimum absolute atomic E-state index is 0.0569. The molecule has 0 fully saturated rings. The Morgan fingerprint density at radius 1 is 1.12 bits per heavy atom. The minimum atomic E-state index is -0.527. The van der Waals surface area contributed by atoms with Crippen molar-refractivity contribution in [3.8, 4) is 5.82 Å². The quantitative estimate of drug-likeness (QED) is 0.548. The summed E-state index contributed by atoms with van der Waals surface area (Å²) in [7, 11) is 0. The Morgan fingerprint density at radius 3 is 2.50 bits per heavy atom. The van der Waals surface area contributed by atoms with Crippen LogP contribution in [-0.2, 0) is 0 Å². The second kappa shape index (κ2) is 6.32. The van der Waals surface area contributed by atoms with Crippen molar-refractivity contribution >= 4 is 17.2 Å². The van der Waals surface area contributed by atoms with Gasteiger partial charge in [-0.2, -0.15) is 5.10 Å². The van der Waals surface area contributed by atoms with Gasteiger partial charge in [0.1, 0.15) is 6.33 Å². The van der Waals surface area contributed by atoms with Crippen LogP contribution >= 0.6 is 0 Å². The van der Waals surface area contributed by atoms with Crippen LogP contribution in [0.25, 0.3) is 5.82 Å². The van der Waals surface area contributed by atoms with Gasteiger partial charge in [0, 0.05) is 5.69 Å². The zero-order valence-electron chi connectivity index (χ0n) is 13.1. The van der Waals surface area contributed by atoms with E-state index in [2.05, 4.69) is 25.9 Å². The first kappa shape index (κ1) is 15.4. The summed E-state index contributed by atoms with van der Waals surface area (Å²) in [6, 6.07) is 11.0. The molecular weight excluding hydrogens is 310 g/mol. The van der Waals surface area contributed by atoms with Gasteiger partial charge in [-0.05, 0) is 32.0 Å². The van der Waals surface area contributed by atoms with Gasteiger partial charge in [0.05, 0.1) is 16.3 Å². The number of nitrogens with zero attached hydrogens (tertiary/aromatic N) is 5. The van der Waals surface area contributed by atoms with E-state index < -0.39 is 4.92 Å². The van der Waals surface area contributed by atoms with Crippen molar-refractivity contribution in [2.75, 3.05) is 10.9 Å². The average Bonchev–Trinajstić information content (AvgIpc) is 2.91. The summed E-state index contributed by atoms with van der Waals surface area (Å²) >= 11 is 0. The molecule has 0 aliphatic rings. The minimum Gasteiger partial charge on any atom is -0.299 e. The summed E-state index contributed by atoms with van der Waals surface area (Å²) in [6.07, 6.45) is 1.26. The number of hydrazine groups is 1. The largest absolute Gasteiger partial charge is 0.357 e. The second-order valence-corrected chi connectivity index (χ2v) is 5.11. The molecule has 0 radical (unpaired) electrons. The predicted octanol–water partition coefficient (Wildman–Crippen LogP) is 2.63. The molecule has 0 saturated heterocycles. The molecular formula is C15H15N7O2. The van der Waals surface area contributed by atoms with Crippen LogP contribution in [0.1, 0.15) is 11.4 Å². The van der Waals surface area contributed by atoms with Crippen molar-refractivity contribution in [3.63, 3.8) is 0 Å². The first-order chi connectivity index (χ1) is 11.6. The molecule has 0 unspecified atom stereocenters. The zero-order valence-corrected chi connectivity index (χ0v) is 13.1. The Labute approximate surface area is 137 Å². The Morgan fingerprint density at radius 2 is 1.88 bits per heavy atom. The Balaban J connectivity index is 1.99. The van der Waals surface area contributed by atoms with Gasteiger partial charge in [-0.3, -0.25) is 21.0 Å². The smallest absolute Gasteiger partial charge is 0.299 e. The van der Waals surface area contributed by atoms with Crippen LogP contribution in [0.2, 0.25) is 0 Å². The number of hydrogen-bond acceptors (Lipinski definition) is 7. The molecule has 0 bridgehead atoms. The SMILES string of the molecule is Cc1cc(C)n(-c2ncnc(NNc3ccccc3)c2[N+](=O)[O-])n1. The van der Waals surface area contributed by atoms with Crippen LogP contribution in [0, 0.1) is 24.0 Å². The zero-order chi connectivity index (χ0) is 17.1. The highest BCUT2D eigenvalue weighted by Gasteiger charge is 2.25. The van der Waals surface area contributed by atoms with E-state index in [0.717, 1.165) is 17.1 Å². The number of rotatable bonds is 5. The van der Waals surface area contributed by atoms with Crippen LogP contribution in [0.4, 0.5) is 17.2 Å². The molecule has 24 heavy (non-hydrogen) atoms. The molecule has 9 nitrogen and oxygen atoms in total. The fraction of sp³-hybridized carbons (Fsp3) is 0.133. The lowest BCUT2D eigenvalue weighted by Gasteiger charge is -2.11. The number of nitro groups is 1. The maximum atomic E-state index is 11.6. The monoisotopic (exact) mass is 325 g/mol. The molecule has 2 heterocycles. The van der Waals surface area contributed by atoms with Crippen molar-refractivity contribution < 1.29 is 4.92 Å². The van der Waals surface area contributed by atoms with Crippen LogP contribution in [0.3, 0.4) is 0 Å². The van der Waals surface area contributed by atoms with E-state index in [1.165, 1.54) is 11.0 Å². The van der Waals surface area contributed by atoms with Crippen molar-refractivity contribution in [1.82, 2.24) is 19.7 Å². The molecule has 0 spiro atoms.